The van der Waals surface area contributed by atoms with Gasteiger partial charge in [0.05, 0.1) is 17.6 Å². The summed E-state index contributed by atoms with van der Waals surface area (Å²) in [4.78, 5) is 4.36. The molecule has 0 aliphatic rings. The molecule has 0 aliphatic heterocycles. The highest BCUT2D eigenvalue weighted by atomic mass is 35.5. The van der Waals surface area contributed by atoms with E-state index in [1.807, 2.05) is 47.0 Å². The molecule has 0 saturated heterocycles. The number of aromatic nitrogens is 2. The summed E-state index contributed by atoms with van der Waals surface area (Å²) >= 11 is 6.04. The molecule has 1 heterocycles. The van der Waals surface area contributed by atoms with Crippen molar-refractivity contribution in [1.82, 2.24) is 9.55 Å². The molecule has 2 aromatic carbocycles. The molecular weight excluding hydrogens is 309 g/mol. The minimum Gasteiger partial charge on any atom is -0.395 e. The van der Waals surface area contributed by atoms with Crippen LogP contribution in [0, 0.1) is 0 Å². The number of aliphatic hydroxyl groups is 1. The predicted molar refractivity (Wildman–Crippen MR) is 88.9 cm³/mol. The van der Waals surface area contributed by atoms with Crippen molar-refractivity contribution in [2.24, 2.45) is 0 Å². The van der Waals surface area contributed by atoms with Crippen molar-refractivity contribution in [3.05, 3.63) is 53.8 Å². The van der Waals surface area contributed by atoms with Gasteiger partial charge in [-0.05, 0) is 42.5 Å². The largest absolute Gasteiger partial charge is 0.395 e. The summed E-state index contributed by atoms with van der Waals surface area (Å²) in [6, 6.07) is 13.6. The zero-order chi connectivity index (χ0) is 13.9. The highest BCUT2D eigenvalue weighted by Crippen LogP contribution is 2.22. The van der Waals surface area contributed by atoms with Crippen molar-refractivity contribution in [3.63, 3.8) is 0 Å². The predicted octanol–water partition coefficient (Wildman–Crippen LogP) is 3.50. The molecule has 0 amide bonds. The number of aliphatic hydroxyl groups excluding tert-OH is 1. The summed E-state index contributed by atoms with van der Waals surface area (Å²) in [6.07, 6.45) is 1.79. The van der Waals surface area contributed by atoms with E-state index in [9.17, 15) is 0 Å². The number of fused-ring (bicyclic) bond motifs is 1. The van der Waals surface area contributed by atoms with Gasteiger partial charge in [0.2, 0.25) is 0 Å². The average molecular weight is 324 g/mol. The minimum atomic E-state index is 0. The van der Waals surface area contributed by atoms with Gasteiger partial charge in [-0.15, -0.1) is 12.4 Å². The number of halogens is 2. The Labute approximate surface area is 133 Å². The first-order chi connectivity index (χ1) is 9.78. The molecule has 3 rings (SSSR count). The van der Waals surface area contributed by atoms with E-state index in [1.165, 1.54) is 0 Å². The van der Waals surface area contributed by atoms with Crippen molar-refractivity contribution in [2.45, 2.75) is 0 Å². The van der Waals surface area contributed by atoms with Crippen molar-refractivity contribution in [3.8, 4) is 5.69 Å². The maximum atomic E-state index is 8.79. The van der Waals surface area contributed by atoms with Crippen LogP contribution in [0.1, 0.15) is 0 Å². The normalized spacial score (nSPS) is 10.4. The van der Waals surface area contributed by atoms with Crippen molar-refractivity contribution >= 4 is 40.7 Å². The smallest absolute Gasteiger partial charge is 0.100 e. The fraction of sp³-hybridized carbons (Fsp3) is 0.133. The molecule has 4 nitrogen and oxygen atoms in total. The number of nitrogens with zero attached hydrogens (tertiary/aromatic N) is 2. The van der Waals surface area contributed by atoms with Crippen LogP contribution in [0.4, 0.5) is 5.69 Å². The summed E-state index contributed by atoms with van der Waals surface area (Å²) in [7, 11) is 0. The second-order valence-electron chi connectivity index (χ2n) is 4.44. The van der Waals surface area contributed by atoms with Gasteiger partial charge >= 0.3 is 0 Å². The Bertz CT molecular complexity index is 725. The highest BCUT2D eigenvalue weighted by molar-refractivity contribution is 6.31. The monoisotopic (exact) mass is 323 g/mol. The molecular formula is C15H15Cl2N3O. The second kappa shape index (κ2) is 6.80. The van der Waals surface area contributed by atoms with E-state index in [1.54, 1.807) is 6.33 Å². The molecule has 6 heteroatoms. The number of hydrogen-bond acceptors (Lipinski definition) is 3. The molecule has 0 atom stereocenters. The molecule has 0 bridgehead atoms. The Morgan fingerprint density at radius 1 is 1.14 bits per heavy atom. The Kier molecular flexibility index (Phi) is 5.07. The minimum absolute atomic E-state index is 0. The molecule has 2 N–H and O–H groups in total. The fourth-order valence-electron chi connectivity index (χ4n) is 2.13. The first kappa shape index (κ1) is 15.6. The summed E-state index contributed by atoms with van der Waals surface area (Å²) < 4.78 is 2.00. The van der Waals surface area contributed by atoms with Gasteiger partial charge in [0.15, 0.2) is 0 Å². The van der Waals surface area contributed by atoms with E-state index in [2.05, 4.69) is 10.3 Å². The molecule has 110 valence electrons. The second-order valence-corrected chi connectivity index (χ2v) is 4.88. The van der Waals surface area contributed by atoms with Gasteiger partial charge in [-0.1, -0.05) is 11.6 Å². The van der Waals surface area contributed by atoms with Gasteiger partial charge in [0.1, 0.15) is 6.33 Å². The van der Waals surface area contributed by atoms with Crippen LogP contribution in [-0.2, 0) is 0 Å². The van der Waals surface area contributed by atoms with Crippen molar-refractivity contribution in [2.75, 3.05) is 18.5 Å². The lowest BCUT2D eigenvalue weighted by atomic mass is 10.2. The van der Waals surface area contributed by atoms with Crippen molar-refractivity contribution in [1.29, 1.82) is 0 Å². The van der Waals surface area contributed by atoms with Crippen LogP contribution < -0.4 is 5.32 Å². The molecule has 0 aliphatic carbocycles. The van der Waals surface area contributed by atoms with Crippen LogP contribution in [0.3, 0.4) is 0 Å². The number of nitrogens with one attached hydrogen (secondary N) is 1. The van der Waals surface area contributed by atoms with Gasteiger partial charge in [0.25, 0.3) is 0 Å². The standard InChI is InChI=1S/C15H14ClN3O.ClH/c16-11-1-6-14-15(9-11)19(10-18-14)13-4-2-12(3-5-13)17-7-8-20;/h1-6,9-10,17,20H,7-8H2;1H. The third kappa shape index (κ3) is 3.29. The van der Waals surface area contributed by atoms with Gasteiger partial charge in [0, 0.05) is 22.9 Å². The number of hydrogen-bond donors (Lipinski definition) is 2. The Morgan fingerprint density at radius 3 is 2.62 bits per heavy atom. The molecule has 0 fully saturated rings. The van der Waals surface area contributed by atoms with Crippen LogP contribution in [0.25, 0.3) is 16.7 Å². The van der Waals surface area contributed by atoms with E-state index in [4.69, 9.17) is 16.7 Å². The third-order valence-corrected chi connectivity index (χ3v) is 3.33. The Morgan fingerprint density at radius 2 is 1.90 bits per heavy atom. The van der Waals surface area contributed by atoms with Gasteiger partial charge in [-0.3, -0.25) is 4.57 Å². The molecule has 0 unspecified atom stereocenters. The van der Waals surface area contributed by atoms with Crippen LogP contribution in [0.2, 0.25) is 5.02 Å². The van der Waals surface area contributed by atoms with Gasteiger partial charge in [-0.2, -0.15) is 0 Å². The average Bonchev–Trinajstić information content (AvgIpc) is 2.88. The third-order valence-electron chi connectivity index (χ3n) is 3.10. The molecule has 3 aromatic rings. The first-order valence-electron chi connectivity index (χ1n) is 6.36. The topological polar surface area (TPSA) is 50.1 Å². The number of benzene rings is 2. The lowest BCUT2D eigenvalue weighted by molar-refractivity contribution is 0.311. The van der Waals surface area contributed by atoms with E-state index in [-0.39, 0.29) is 19.0 Å². The van der Waals surface area contributed by atoms with E-state index >= 15 is 0 Å². The zero-order valence-corrected chi connectivity index (χ0v) is 12.7. The quantitative estimate of drug-likeness (QED) is 0.772. The molecule has 21 heavy (non-hydrogen) atoms. The summed E-state index contributed by atoms with van der Waals surface area (Å²) in [5, 5.41) is 12.6. The lowest BCUT2D eigenvalue weighted by Gasteiger charge is -2.07. The maximum absolute atomic E-state index is 8.79. The maximum Gasteiger partial charge on any atom is 0.100 e. The van der Waals surface area contributed by atoms with Crippen LogP contribution in [-0.4, -0.2) is 27.8 Å². The van der Waals surface area contributed by atoms with Gasteiger partial charge in [-0.25, -0.2) is 4.98 Å². The van der Waals surface area contributed by atoms with Crippen molar-refractivity contribution < 1.29 is 5.11 Å². The summed E-state index contributed by atoms with van der Waals surface area (Å²) in [5.74, 6) is 0. The van der Waals surface area contributed by atoms with Gasteiger partial charge < -0.3 is 10.4 Å². The molecule has 0 saturated carbocycles. The fourth-order valence-corrected chi connectivity index (χ4v) is 2.29. The Balaban J connectivity index is 0.00000161. The van der Waals surface area contributed by atoms with E-state index < -0.39 is 0 Å². The lowest BCUT2D eigenvalue weighted by Crippen LogP contribution is -2.05. The van der Waals surface area contributed by atoms with Crippen LogP contribution in [0.15, 0.2) is 48.8 Å². The first-order valence-corrected chi connectivity index (χ1v) is 6.73. The van der Waals surface area contributed by atoms with E-state index in [0.717, 1.165) is 22.4 Å². The van der Waals surface area contributed by atoms with E-state index in [0.29, 0.717) is 11.6 Å². The number of rotatable bonds is 4. The molecule has 0 spiro atoms. The molecule has 0 radical (unpaired) electrons. The summed E-state index contributed by atoms with van der Waals surface area (Å²) in [5.41, 5.74) is 3.89. The number of imidazole rings is 1. The Hall–Kier alpha value is -1.75. The zero-order valence-electron chi connectivity index (χ0n) is 11.2. The van der Waals surface area contributed by atoms with Crippen LogP contribution in [0.5, 0.6) is 0 Å². The SMILES string of the molecule is Cl.OCCNc1ccc(-n2cnc3ccc(Cl)cc32)cc1. The number of anilines is 1. The van der Waals surface area contributed by atoms with Crippen LogP contribution >= 0.6 is 24.0 Å². The molecule has 1 aromatic heterocycles. The summed E-state index contributed by atoms with van der Waals surface area (Å²) in [6.45, 7) is 0.662. The highest BCUT2D eigenvalue weighted by Gasteiger charge is 2.05.